The minimum absolute atomic E-state index is 0.229. The Balaban J connectivity index is 2.60. The van der Waals surface area contributed by atoms with Gasteiger partial charge in [0, 0.05) is 19.7 Å². The average Bonchev–Trinajstić information content (AvgIpc) is 2.33. The van der Waals surface area contributed by atoms with Crippen LogP contribution in [0, 0.1) is 0 Å². The SMILES string of the molecule is Cn1ccc(C[C@H](O)C(F)(F)F)n1. The summed E-state index contributed by atoms with van der Waals surface area (Å²) in [5.74, 6) is 0. The van der Waals surface area contributed by atoms with Crippen LogP contribution in [0.4, 0.5) is 13.2 Å². The van der Waals surface area contributed by atoms with Gasteiger partial charge in [0.15, 0.2) is 6.10 Å². The summed E-state index contributed by atoms with van der Waals surface area (Å²) in [6.45, 7) is 0. The molecule has 0 aliphatic heterocycles. The van der Waals surface area contributed by atoms with Gasteiger partial charge in [0.2, 0.25) is 0 Å². The van der Waals surface area contributed by atoms with E-state index in [0.29, 0.717) is 0 Å². The van der Waals surface area contributed by atoms with Crippen LogP contribution in [-0.2, 0) is 13.5 Å². The quantitative estimate of drug-likeness (QED) is 0.759. The van der Waals surface area contributed by atoms with Crippen LogP contribution in [0.25, 0.3) is 0 Å². The number of halogens is 3. The summed E-state index contributed by atoms with van der Waals surface area (Å²) in [5.41, 5.74) is 0.229. The van der Waals surface area contributed by atoms with Gasteiger partial charge in [-0.1, -0.05) is 0 Å². The second-order valence-corrected chi connectivity index (χ2v) is 2.74. The summed E-state index contributed by atoms with van der Waals surface area (Å²) in [6.07, 6.45) is -5.87. The Bertz CT molecular complexity index is 282. The molecule has 0 amide bonds. The van der Waals surface area contributed by atoms with Crippen LogP contribution in [0.5, 0.6) is 0 Å². The third kappa shape index (κ3) is 2.73. The van der Waals surface area contributed by atoms with Gasteiger partial charge in [-0.05, 0) is 6.07 Å². The summed E-state index contributed by atoms with van der Waals surface area (Å²) in [4.78, 5) is 0. The van der Waals surface area contributed by atoms with Crippen molar-refractivity contribution in [1.29, 1.82) is 0 Å². The van der Waals surface area contributed by atoms with E-state index in [1.165, 1.54) is 16.9 Å². The van der Waals surface area contributed by atoms with Crippen LogP contribution < -0.4 is 0 Å². The van der Waals surface area contributed by atoms with Crippen molar-refractivity contribution in [2.75, 3.05) is 0 Å². The van der Waals surface area contributed by atoms with Gasteiger partial charge in [-0.15, -0.1) is 0 Å². The third-order valence-corrected chi connectivity index (χ3v) is 1.55. The lowest BCUT2D eigenvalue weighted by Gasteiger charge is -2.12. The largest absolute Gasteiger partial charge is 0.414 e. The maximum atomic E-state index is 11.9. The van der Waals surface area contributed by atoms with E-state index in [-0.39, 0.29) is 5.69 Å². The van der Waals surface area contributed by atoms with Crippen molar-refractivity contribution in [2.24, 2.45) is 7.05 Å². The number of aliphatic hydroxyl groups is 1. The van der Waals surface area contributed by atoms with E-state index in [1.807, 2.05) is 0 Å². The van der Waals surface area contributed by atoms with Gasteiger partial charge < -0.3 is 5.11 Å². The number of aromatic nitrogens is 2. The minimum atomic E-state index is -4.57. The fourth-order valence-corrected chi connectivity index (χ4v) is 0.886. The van der Waals surface area contributed by atoms with Gasteiger partial charge in [0.1, 0.15) is 0 Å². The second-order valence-electron chi connectivity index (χ2n) is 2.74. The highest BCUT2D eigenvalue weighted by Gasteiger charge is 2.38. The predicted octanol–water partition coefficient (Wildman–Crippen LogP) is 0.886. The summed E-state index contributed by atoms with van der Waals surface area (Å²) in [5, 5.41) is 12.4. The van der Waals surface area contributed by atoms with Gasteiger partial charge in [-0.3, -0.25) is 4.68 Å². The molecule has 0 aliphatic rings. The Morgan fingerprint density at radius 2 is 2.23 bits per heavy atom. The first-order valence-corrected chi connectivity index (χ1v) is 3.63. The molecule has 13 heavy (non-hydrogen) atoms. The van der Waals surface area contributed by atoms with Crippen LogP contribution in [0.3, 0.4) is 0 Å². The van der Waals surface area contributed by atoms with Crippen molar-refractivity contribution >= 4 is 0 Å². The molecule has 3 nitrogen and oxygen atoms in total. The van der Waals surface area contributed by atoms with Gasteiger partial charge in [0.25, 0.3) is 0 Å². The van der Waals surface area contributed by atoms with Crippen molar-refractivity contribution < 1.29 is 18.3 Å². The topological polar surface area (TPSA) is 38.0 Å². The maximum absolute atomic E-state index is 11.9. The molecule has 0 saturated carbocycles. The summed E-state index contributed by atoms with van der Waals surface area (Å²) in [6, 6.07) is 1.44. The highest BCUT2D eigenvalue weighted by molar-refractivity contribution is 5.00. The van der Waals surface area contributed by atoms with Crippen LogP contribution in [0.15, 0.2) is 12.3 Å². The van der Waals surface area contributed by atoms with Crippen LogP contribution in [0.2, 0.25) is 0 Å². The van der Waals surface area contributed by atoms with E-state index in [0.717, 1.165) is 0 Å². The Morgan fingerprint density at radius 3 is 2.62 bits per heavy atom. The van der Waals surface area contributed by atoms with Gasteiger partial charge in [-0.2, -0.15) is 18.3 Å². The van der Waals surface area contributed by atoms with E-state index >= 15 is 0 Å². The third-order valence-electron chi connectivity index (χ3n) is 1.55. The minimum Gasteiger partial charge on any atom is -0.383 e. The molecule has 0 bridgehead atoms. The zero-order valence-corrected chi connectivity index (χ0v) is 6.91. The van der Waals surface area contributed by atoms with Crippen molar-refractivity contribution in [3.63, 3.8) is 0 Å². The summed E-state index contributed by atoms with van der Waals surface area (Å²) < 4.78 is 37.0. The molecule has 0 unspecified atom stereocenters. The number of aliphatic hydroxyl groups excluding tert-OH is 1. The highest BCUT2D eigenvalue weighted by atomic mass is 19.4. The number of rotatable bonds is 2. The van der Waals surface area contributed by atoms with Gasteiger partial charge >= 0.3 is 6.18 Å². The lowest BCUT2D eigenvalue weighted by Crippen LogP contribution is -2.30. The Kier molecular flexibility index (Phi) is 2.60. The molecule has 1 atom stereocenters. The number of nitrogens with zero attached hydrogens (tertiary/aromatic N) is 2. The molecular weight excluding hydrogens is 185 g/mol. The van der Waals surface area contributed by atoms with Crippen molar-refractivity contribution in [3.8, 4) is 0 Å². The highest BCUT2D eigenvalue weighted by Crippen LogP contribution is 2.22. The molecule has 0 aliphatic carbocycles. The lowest BCUT2D eigenvalue weighted by molar-refractivity contribution is -0.203. The number of hydrogen-bond donors (Lipinski definition) is 1. The smallest absolute Gasteiger partial charge is 0.383 e. The normalized spacial score (nSPS) is 14.5. The number of hydrogen-bond acceptors (Lipinski definition) is 2. The van der Waals surface area contributed by atoms with Crippen LogP contribution in [0.1, 0.15) is 5.69 Å². The van der Waals surface area contributed by atoms with Crippen molar-refractivity contribution in [3.05, 3.63) is 18.0 Å². The van der Waals surface area contributed by atoms with E-state index in [4.69, 9.17) is 5.11 Å². The van der Waals surface area contributed by atoms with Crippen molar-refractivity contribution in [2.45, 2.75) is 18.7 Å². The lowest BCUT2D eigenvalue weighted by atomic mass is 10.2. The Hall–Kier alpha value is -1.04. The fraction of sp³-hybridized carbons (Fsp3) is 0.571. The zero-order chi connectivity index (χ0) is 10.1. The van der Waals surface area contributed by atoms with E-state index in [1.54, 1.807) is 7.05 Å². The molecule has 6 heteroatoms. The maximum Gasteiger partial charge on any atom is 0.414 e. The second kappa shape index (κ2) is 3.37. The Morgan fingerprint density at radius 1 is 1.62 bits per heavy atom. The van der Waals surface area contributed by atoms with Gasteiger partial charge in [-0.25, -0.2) is 0 Å². The summed E-state index contributed by atoms with van der Waals surface area (Å²) >= 11 is 0. The molecule has 1 N–H and O–H groups in total. The average molecular weight is 194 g/mol. The molecule has 1 rings (SSSR count). The van der Waals surface area contributed by atoms with Crippen LogP contribution in [-0.4, -0.2) is 27.2 Å². The molecule has 1 aromatic rings. The Labute approximate surface area is 72.8 Å². The number of alkyl halides is 3. The number of aryl methyl sites for hydroxylation is 1. The van der Waals surface area contributed by atoms with E-state index in [9.17, 15) is 13.2 Å². The van der Waals surface area contributed by atoms with E-state index < -0.39 is 18.7 Å². The summed E-state index contributed by atoms with van der Waals surface area (Å²) in [7, 11) is 1.60. The molecule has 1 heterocycles. The molecule has 0 aromatic carbocycles. The zero-order valence-electron chi connectivity index (χ0n) is 6.91. The standard InChI is InChI=1S/C7H9F3N2O/c1-12-3-2-5(11-12)4-6(13)7(8,9)10/h2-3,6,13H,4H2,1H3/t6-/m0/s1. The molecule has 0 spiro atoms. The molecule has 0 saturated heterocycles. The van der Waals surface area contributed by atoms with Crippen LogP contribution >= 0.6 is 0 Å². The van der Waals surface area contributed by atoms with Crippen molar-refractivity contribution in [1.82, 2.24) is 9.78 Å². The first kappa shape index (κ1) is 10.0. The first-order chi connectivity index (χ1) is 5.89. The molecule has 1 aromatic heterocycles. The molecule has 0 radical (unpaired) electrons. The monoisotopic (exact) mass is 194 g/mol. The van der Waals surface area contributed by atoms with Gasteiger partial charge in [0.05, 0.1) is 5.69 Å². The fourth-order valence-electron chi connectivity index (χ4n) is 0.886. The molecule has 0 fully saturated rings. The van der Waals surface area contributed by atoms with E-state index in [2.05, 4.69) is 5.10 Å². The predicted molar refractivity (Wildman–Crippen MR) is 39.0 cm³/mol. The first-order valence-electron chi connectivity index (χ1n) is 3.63. The molecular formula is C7H9F3N2O. The molecule has 74 valence electrons.